The Labute approximate surface area is 203 Å². The van der Waals surface area contributed by atoms with Gasteiger partial charge in [0.05, 0.1) is 19.4 Å². The second-order valence-electron chi connectivity index (χ2n) is 7.79. The highest BCUT2D eigenvalue weighted by molar-refractivity contribution is 7.99. The van der Waals surface area contributed by atoms with E-state index in [1.54, 1.807) is 7.11 Å². The zero-order valence-corrected chi connectivity index (χ0v) is 20.2. The van der Waals surface area contributed by atoms with Crippen LogP contribution in [0.2, 0.25) is 0 Å². The summed E-state index contributed by atoms with van der Waals surface area (Å²) in [4.78, 5) is 12.6. The first-order chi connectivity index (χ1) is 16.5. The monoisotopic (exact) mass is 473 g/mol. The lowest BCUT2D eigenvalue weighted by atomic mass is 10.1. The Balaban J connectivity index is 1.47. The van der Waals surface area contributed by atoms with Crippen LogP contribution >= 0.6 is 11.8 Å². The van der Waals surface area contributed by atoms with E-state index in [0.29, 0.717) is 11.7 Å². The van der Waals surface area contributed by atoms with Crippen LogP contribution in [0.3, 0.4) is 0 Å². The molecule has 0 radical (unpaired) electrons. The van der Waals surface area contributed by atoms with E-state index in [-0.39, 0.29) is 11.7 Å². The van der Waals surface area contributed by atoms with Gasteiger partial charge in [0.2, 0.25) is 5.91 Å². The zero-order chi connectivity index (χ0) is 23.9. The Morgan fingerprint density at radius 2 is 1.68 bits per heavy atom. The van der Waals surface area contributed by atoms with Crippen LogP contribution in [0, 0.1) is 13.8 Å². The summed E-state index contributed by atoms with van der Waals surface area (Å²) in [5.74, 6) is 1.69. The highest BCUT2D eigenvalue weighted by atomic mass is 32.2. The van der Waals surface area contributed by atoms with Gasteiger partial charge in [0.15, 0.2) is 11.0 Å². The van der Waals surface area contributed by atoms with Crippen molar-refractivity contribution in [3.63, 3.8) is 0 Å². The summed E-state index contributed by atoms with van der Waals surface area (Å²) in [6.45, 7) is 4.56. The number of benzene rings is 3. The number of amides is 1. The van der Waals surface area contributed by atoms with Crippen LogP contribution in [0.4, 0.5) is 11.4 Å². The number of ether oxygens (including phenoxy) is 1. The standard InChI is InChI=1S/C26H27N5O2S/c1-18-9-10-21(15-19(18)2)28-25(32)17-34-26-30-29-24(31(26)22-7-5-4-6-8-22)16-27-20-11-13-23(33-3)14-12-20/h4-15,27H,16-17H2,1-3H3,(H,28,32). The number of aromatic nitrogens is 3. The minimum atomic E-state index is -0.0891. The van der Waals surface area contributed by atoms with Crippen LogP contribution < -0.4 is 15.4 Å². The molecule has 1 aromatic heterocycles. The lowest BCUT2D eigenvalue weighted by Gasteiger charge is -2.12. The second kappa shape index (κ2) is 10.9. The van der Waals surface area contributed by atoms with Gasteiger partial charge in [0.1, 0.15) is 5.75 Å². The molecule has 0 aliphatic carbocycles. The van der Waals surface area contributed by atoms with E-state index in [9.17, 15) is 4.79 Å². The van der Waals surface area contributed by atoms with Gasteiger partial charge in [-0.25, -0.2) is 0 Å². The predicted octanol–water partition coefficient (Wildman–Crippen LogP) is 5.24. The molecule has 0 aliphatic heterocycles. The number of methoxy groups -OCH3 is 1. The Kier molecular flexibility index (Phi) is 7.49. The Morgan fingerprint density at radius 3 is 2.38 bits per heavy atom. The first-order valence-electron chi connectivity index (χ1n) is 10.9. The lowest BCUT2D eigenvalue weighted by Crippen LogP contribution is -2.15. The molecule has 34 heavy (non-hydrogen) atoms. The third kappa shape index (κ3) is 5.77. The number of aryl methyl sites for hydroxylation is 2. The fraction of sp³-hybridized carbons (Fsp3) is 0.192. The smallest absolute Gasteiger partial charge is 0.234 e. The normalized spacial score (nSPS) is 10.7. The van der Waals surface area contributed by atoms with Crippen LogP contribution in [0.1, 0.15) is 17.0 Å². The van der Waals surface area contributed by atoms with Crippen LogP contribution in [0.15, 0.2) is 78.0 Å². The molecule has 4 rings (SSSR count). The Bertz CT molecular complexity index is 1260. The number of thioether (sulfide) groups is 1. The van der Waals surface area contributed by atoms with Crippen molar-refractivity contribution < 1.29 is 9.53 Å². The highest BCUT2D eigenvalue weighted by Crippen LogP contribution is 2.24. The molecule has 1 amide bonds. The minimum Gasteiger partial charge on any atom is -0.497 e. The number of rotatable bonds is 9. The lowest BCUT2D eigenvalue weighted by molar-refractivity contribution is -0.113. The molecular formula is C26H27N5O2S. The summed E-state index contributed by atoms with van der Waals surface area (Å²) in [7, 11) is 1.64. The Hall–Kier alpha value is -3.78. The van der Waals surface area contributed by atoms with Gasteiger partial charge in [-0.05, 0) is 73.5 Å². The molecule has 7 nitrogen and oxygen atoms in total. The number of hydrogen-bond donors (Lipinski definition) is 2. The van der Waals surface area contributed by atoms with Crippen molar-refractivity contribution in [3.05, 3.63) is 89.7 Å². The van der Waals surface area contributed by atoms with E-state index in [1.807, 2.05) is 91.2 Å². The van der Waals surface area contributed by atoms with Gasteiger partial charge in [-0.1, -0.05) is 36.0 Å². The number of carbonyl (C=O) groups excluding carboxylic acids is 1. The van der Waals surface area contributed by atoms with Gasteiger partial charge in [-0.3, -0.25) is 9.36 Å². The first-order valence-corrected chi connectivity index (χ1v) is 11.9. The van der Waals surface area contributed by atoms with Gasteiger partial charge in [-0.2, -0.15) is 0 Å². The molecule has 4 aromatic rings. The molecule has 174 valence electrons. The van der Waals surface area contributed by atoms with E-state index < -0.39 is 0 Å². The van der Waals surface area contributed by atoms with E-state index in [2.05, 4.69) is 20.8 Å². The average molecular weight is 474 g/mol. The van der Waals surface area contributed by atoms with Crippen molar-refractivity contribution in [2.75, 3.05) is 23.5 Å². The van der Waals surface area contributed by atoms with Crippen LogP contribution in [-0.4, -0.2) is 33.5 Å². The number of hydrogen-bond acceptors (Lipinski definition) is 6. The molecule has 0 saturated heterocycles. The van der Waals surface area contributed by atoms with Crippen molar-refractivity contribution in [3.8, 4) is 11.4 Å². The summed E-state index contributed by atoms with van der Waals surface area (Å²) in [6.07, 6.45) is 0. The molecule has 8 heteroatoms. The summed E-state index contributed by atoms with van der Waals surface area (Å²) in [6, 6.07) is 23.5. The third-order valence-corrected chi connectivity index (χ3v) is 6.31. The summed E-state index contributed by atoms with van der Waals surface area (Å²) < 4.78 is 7.19. The number of nitrogens with one attached hydrogen (secondary N) is 2. The SMILES string of the molecule is COc1ccc(NCc2nnc(SCC(=O)Nc3ccc(C)c(C)c3)n2-c2ccccc2)cc1. The van der Waals surface area contributed by atoms with Crippen LogP contribution in [0.5, 0.6) is 5.75 Å². The van der Waals surface area contributed by atoms with Crippen molar-refractivity contribution in [2.45, 2.75) is 25.5 Å². The second-order valence-corrected chi connectivity index (χ2v) is 8.73. The quantitative estimate of drug-likeness (QED) is 0.324. The predicted molar refractivity (Wildman–Crippen MR) is 137 cm³/mol. The maximum atomic E-state index is 12.6. The molecule has 0 aliphatic rings. The maximum absolute atomic E-state index is 12.6. The third-order valence-electron chi connectivity index (χ3n) is 5.38. The van der Waals surface area contributed by atoms with E-state index in [0.717, 1.165) is 34.2 Å². The number of para-hydroxylation sites is 1. The van der Waals surface area contributed by atoms with Crippen molar-refractivity contribution >= 4 is 29.0 Å². The fourth-order valence-corrected chi connectivity index (χ4v) is 4.15. The molecule has 0 spiro atoms. The number of carbonyl (C=O) groups is 1. The molecule has 0 bridgehead atoms. The van der Waals surface area contributed by atoms with E-state index in [1.165, 1.54) is 17.3 Å². The molecule has 0 saturated carbocycles. The van der Waals surface area contributed by atoms with E-state index >= 15 is 0 Å². The van der Waals surface area contributed by atoms with Gasteiger partial charge >= 0.3 is 0 Å². The minimum absolute atomic E-state index is 0.0891. The van der Waals surface area contributed by atoms with E-state index in [4.69, 9.17) is 4.74 Å². The zero-order valence-electron chi connectivity index (χ0n) is 19.4. The summed E-state index contributed by atoms with van der Waals surface area (Å²) in [5.41, 5.74) is 5.02. The van der Waals surface area contributed by atoms with Gasteiger partial charge in [0, 0.05) is 17.1 Å². The molecule has 0 atom stereocenters. The molecule has 3 aromatic carbocycles. The summed E-state index contributed by atoms with van der Waals surface area (Å²) in [5, 5.41) is 15.8. The maximum Gasteiger partial charge on any atom is 0.234 e. The molecule has 1 heterocycles. The fourth-order valence-electron chi connectivity index (χ4n) is 3.38. The summed E-state index contributed by atoms with van der Waals surface area (Å²) >= 11 is 1.36. The Morgan fingerprint density at radius 1 is 0.941 bits per heavy atom. The number of nitrogens with zero attached hydrogens (tertiary/aromatic N) is 3. The largest absolute Gasteiger partial charge is 0.497 e. The first kappa shape index (κ1) is 23.4. The topological polar surface area (TPSA) is 81.1 Å². The molecule has 0 unspecified atom stereocenters. The van der Waals surface area contributed by atoms with Crippen molar-refractivity contribution in [2.24, 2.45) is 0 Å². The molecule has 2 N–H and O–H groups in total. The number of anilines is 2. The van der Waals surface area contributed by atoms with Gasteiger partial charge in [0.25, 0.3) is 0 Å². The van der Waals surface area contributed by atoms with Crippen molar-refractivity contribution in [1.82, 2.24) is 14.8 Å². The molecule has 0 fully saturated rings. The molecular weight excluding hydrogens is 446 g/mol. The van der Waals surface area contributed by atoms with Gasteiger partial charge < -0.3 is 15.4 Å². The van der Waals surface area contributed by atoms with Gasteiger partial charge in [-0.15, -0.1) is 10.2 Å². The van der Waals surface area contributed by atoms with Crippen molar-refractivity contribution in [1.29, 1.82) is 0 Å². The average Bonchev–Trinajstić information content (AvgIpc) is 3.27. The van der Waals surface area contributed by atoms with Crippen LogP contribution in [-0.2, 0) is 11.3 Å². The van der Waals surface area contributed by atoms with Crippen LogP contribution in [0.25, 0.3) is 5.69 Å². The highest BCUT2D eigenvalue weighted by Gasteiger charge is 2.16.